The van der Waals surface area contributed by atoms with E-state index in [2.05, 4.69) is 0 Å². The molecule has 2 nitrogen and oxygen atoms in total. The number of aliphatic hydroxyl groups is 1. The summed E-state index contributed by atoms with van der Waals surface area (Å²) in [5, 5.41) is 10.5. The van der Waals surface area contributed by atoms with E-state index in [1.54, 1.807) is 0 Å². The molecule has 0 aliphatic carbocycles. The van der Waals surface area contributed by atoms with Crippen molar-refractivity contribution in [3.63, 3.8) is 0 Å². The Morgan fingerprint density at radius 2 is 1.53 bits per heavy atom. The van der Waals surface area contributed by atoms with Crippen LogP contribution in [0.4, 0.5) is 0 Å². The molecular formula is C13H21NO. The summed E-state index contributed by atoms with van der Waals surface area (Å²) in [6.45, 7) is 8.49. The molecule has 0 radical (unpaired) electrons. The Balaban J connectivity index is 3.06. The fourth-order valence-corrected chi connectivity index (χ4v) is 1.40. The molecule has 15 heavy (non-hydrogen) atoms. The molecule has 0 aliphatic heterocycles. The number of rotatable bonds is 2. The van der Waals surface area contributed by atoms with E-state index in [0.29, 0.717) is 6.54 Å². The van der Waals surface area contributed by atoms with Gasteiger partial charge in [-0.05, 0) is 23.5 Å². The predicted molar refractivity (Wildman–Crippen MR) is 63.4 cm³/mol. The van der Waals surface area contributed by atoms with Gasteiger partial charge in [0.1, 0.15) is 0 Å². The Hall–Kier alpha value is -0.860. The summed E-state index contributed by atoms with van der Waals surface area (Å²) in [5.74, 6) is 0. The number of benzene rings is 1. The number of nitrogens with two attached hydrogens (primary N) is 1. The maximum absolute atomic E-state index is 10.5. The summed E-state index contributed by atoms with van der Waals surface area (Å²) in [6.07, 6.45) is 0. The first-order valence-corrected chi connectivity index (χ1v) is 5.31. The zero-order chi connectivity index (χ0) is 11.7. The van der Waals surface area contributed by atoms with Crippen molar-refractivity contribution in [2.75, 3.05) is 0 Å². The summed E-state index contributed by atoms with van der Waals surface area (Å²) in [7, 11) is 0. The minimum Gasteiger partial charge on any atom is -0.385 e. The van der Waals surface area contributed by atoms with Crippen molar-refractivity contribution in [3.05, 3.63) is 35.4 Å². The van der Waals surface area contributed by atoms with Crippen molar-refractivity contribution >= 4 is 0 Å². The lowest BCUT2D eigenvalue weighted by atomic mass is 9.73. The molecule has 0 heterocycles. The molecule has 1 aromatic rings. The van der Waals surface area contributed by atoms with Gasteiger partial charge in [0.2, 0.25) is 0 Å². The van der Waals surface area contributed by atoms with Gasteiger partial charge in [-0.15, -0.1) is 0 Å². The van der Waals surface area contributed by atoms with Crippen LogP contribution in [0, 0.1) is 5.41 Å². The van der Waals surface area contributed by atoms with Crippen LogP contribution in [0.3, 0.4) is 0 Å². The first-order chi connectivity index (χ1) is 6.79. The highest BCUT2D eigenvalue weighted by Crippen LogP contribution is 2.38. The minimum absolute atomic E-state index is 0.183. The molecule has 0 saturated carbocycles. The Morgan fingerprint density at radius 1 is 1.07 bits per heavy atom. The first-order valence-electron chi connectivity index (χ1n) is 5.31. The van der Waals surface area contributed by atoms with Gasteiger partial charge in [0.25, 0.3) is 0 Å². The van der Waals surface area contributed by atoms with E-state index in [0.717, 1.165) is 11.1 Å². The average molecular weight is 207 g/mol. The van der Waals surface area contributed by atoms with Crippen molar-refractivity contribution in [1.82, 2.24) is 0 Å². The molecule has 0 aromatic heterocycles. The smallest absolute Gasteiger partial charge is 0.0916 e. The summed E-state index contributed by atoms with van der Waals surface area (Å²) >= 11 is 0. The van der Waals surface area contributed by atoms with Crippen LogP contribution < -0.4 is 5.73 Å². The SMILES string of the molecule is CC(C)(C)C(C)(O)c1ccc(CN)cc1. The number of hydrogen-bond donors (Lipinski definition) is 2. The van der Waals surface area contributed by atoms with Gasteiger partial charge in [0.05, 0.1) is 5.60 Å². The van der Waals surface area contributed by atoms with E-state index in [9.17, 15) is 5.11 Å². The van der Waals surface area contributed by atoms with Gasteiger partial charge in [-0.3, -0.25) is 0 Å². The highest BCUT2D eigenvalue weighted by molar-refractivity contribution is 5.28. The fraction of sp³-hybridized carbons (Fsp3) is 0.538. The van der Waals surface area contributed by atoms with Crippen molar-refractivity contribution in [1.29, 1.82) is 0 Å². The minimum atomic E-state index is -0.819. The van der Waals surface area contributed by atoms with Crippen molar-refractivity contribution < 1.29 is 5.11 Å². The summed E-state index contributed by atoms with van der Waals surface area (Å²) < 4.78 is 0. The van der Waals surface area contributed by atoms with E-state index in [1.807, 2.05) is 52.0 Å². The third kappa shape index (κ3) is 2.39. The summed E-state index contributed by atoms with van der Waals surface area (Å²) in [6, 6.07) is 7.84. The average Bonchev–Trinajstić information content (AvgIpc) is 2.16. The van der Waals surface area contributed by atoms with Crippen LogP contribution in [-0.2, 0) is 12.1 Å². The molecule has 0 fully saturated rings. The van der Waals surface area contributed by atoms with Crippen LogP contribution in [0.2, 0.25) is 0 Å². The first kappa shape index (κ1) is 12.2. The fourth-order valence-electron chi connectivity index (χ4n) is 1.40. The molecule has 0 saturated heterocycles. The molecule has 0 spiro atoms. The third-order valence-corrected chi connectivity index (χ3v) is 3.21. The lowest BCUT2D eigenvalue weighted by Crippen LogP contribution is -2.36. The Labute approximate surface area is 92.1 Å². The summed E-state index contributed by atoms with van der Waals surface area (Å²) in [5.41, 5.74) is 6.55. The lowest BCUT2D eigenvalue weighted by Gasteiger charge is -2.37. The van der Waals surface area contributed by atoms with Gasteiger partial charge in [-0.2, -0.15) is 0 Å². The van der Waals surface area contributed by atoms with E-state index in [1.165, 1.54) is 0 Å². The Morgan fingerprint density at radius 3 is 1.87 bits per heavy atom. The van der Waals surface area contributed by atoms with Gasteiger partial charge < -0.3 is 10.8 Å². The van der Waals surface area contributed by atoms with Gasteiger partial charge >= 0.3 is 0 Å². The van der Waals surface area contributed by atoms with Crippen LogP contribution in [-0.4, -0.2) is 5.11 Å². The zero-order valence-electron chi connectivity index (χ0n) is 10.0. The van der Waals surface area contributed by atoms with Crippen LogP contribution in [0.1, 0.15) is 38.8 Å². The van der Waals surface area contributed by atoms with E-state index >= 15 is 0 Å². The molecular weight excluding hydrogens is 186 g/mol. The quantitative estimate of drug-likeness (QED) is 0.782. The van der Waals surface area contributed by atoms with Crippen molar-refractivity contribution in [3.8, 4) is 0 Å². The van der Waals surface area contributed by atoms with Crippen LogP contribution in [0.5, 0.6) is 0 Å². The molecule has 0 amide bonds. The van der Waals surface area contributed by atoms with Crippen LogP contribution in [0.25, 0.3) is 0 Å². The second-order valence-electron chi connectivity index (χ2n) is 5.22. The highest BCUT2D eigenvalue weighted by atomic mass is 16.3. The van der Waals surface area contributed by atoms with Gasteiger partial charge in [-0.25, -0.2) is 0 Å². The monoisotopic (exact) mass is 207 g/mol. The molecule has 0 bridgehead atoms. The lowest BCUT2D eigenvalue weighted by molar-refractivity contribution is -0.0470. The standard InChI is InChI=1S/C13H21NO/c1-12(2,3)13(4,15)11-7-5-10(9-14)6-8-11/h5-8,15H,9,14H2,1-4H3. The third-order valence-electron chi connectivity index (χ3n) is 3.21. The van der Waals surface area contributed by atoms with Gasteiger partial charge in [0.15, 0.2) is 0 Å². The molecule has 1 atom stereocenters. The van der Waals surface area contributed by atoms with Gasteiger partial charge in [0, 0.05) is 6.54 Å². The Kier molecular flexibility index (Phi) is 3.22. The van der Waals surface area contributed by atoms with Crippen LogP contribution >= 0.6 is 0 Å². The maximum atomic E-state index is 10.5. The maximum Gasteiger partial charge on any atom is 0.0916 e. The summed E-state index contributed by atoms with van der Waals surface area (Å²) in [4.78, 5) is 0. The van der Waals surface area contributed by atoms with E-state index in [4.69, 9.17) is 5.73 Å². The molecule has 1 aromatic carbocycles. The molecule has 0 aliphatic rings. The molecule has 3 N–H and O–H groups in total. The molecule has 84 valence electrons. The van der Waals surface area contributed by atoms with Gasteiger partial charge in [-0.1, -0.05) is 45.0 Å². The Bertz CT molecular complexity index is 319. The number of hydrogen-bond acceptors (Lipinski definition) is 2. The zero-order valence-corrected chi connectivity index (χ0v) is 10.0. The normalized spacial score (nSPS) is 16.1. The molecule has 2 heteroatoms. The largest absolute Gasteiger partial charge is 0.385 e. The van der Waals surface area contributed by atoms with Crippen molar-refractivity contribution in [2.45, 2.75) is 39.8 Å². The van der Waals surface area contributed by atoms with E-state index < -0.39 is 5.60 Å². The molecule has 1 rings (SSSR count). The molecule has 1 unspecified atom stereocenters. The van der Waals surface area contributed by atoms with Crippen molar-refractivity contribution in [2.24, 2.45) is 11.1 Å². The predicted octanol–water partition coefficient (Wildman–Crippen LogP) is 2.40. The second-order valence-corrected chi connectivity index (χ2v) is 5.22. The topological polar surface area (TPSA) is 46.2 Å². The second kappa shape index (κ2) is 3.95. The van der Waals surface area contributed by atoms with E-state index in [-0.39, 0.29) is 5.41 Å². The van der Waals surface area contributed by atoms with Crippen LogP contribution in [0.15, 0.2) is 24.3 Å². The highest BCUT2D eigenvalue weighted by Gasteiger charge is 2.36.